The molecular formula is C16H16N2O2. The van der Waals surface area contributed by atoms with Crippen molar-refractivity contribution in [1.82, 2.24) is 4.98 Å². The first kappa shape index (κ1) is 12.7. The summed E-state index contributed by atoms with van der Waals surface area (Å²) >= 11 is 0. The second-order valence-corrected chi connectivity index (χ2v) is 5.09. The number of carboxylic acids is 1. The van der Waals surface area contributed by atoms with Crippen LogP contribution in [0.4, 0.5) is 5.69 Å². The van der Waals surface area contributed by atoms with Crippen LogP contribution in [0.1, 0.15) is 27.3 Å². The zero-order valence-corrected chi connectivity index (χ0v) is 11.3. The summed E-state index contributed by atoms with van der Waals surface area (Å²) in [4.78, 5) is 17.8. The number of anilines is 1. The van der Waals surface area contributed by atoms with Crippen molar-refractivity contribution in [3.8, 4) is 0 Å². The van der Waals surface area contributed by atoms with Gasteiger partial charge in [0.15, 0.2) is 0 Å². The van der Waals surface area contributed by atoms with E-state index in [2.05, 4.69) is 9.88 Å². The number of benzene rings is 1. The van der Waals surface area contributed by atoms with Gasteiger partial charge < -0.3 is 10.0 Å². The number of hydrogen-bond donors (Lipinski definition) is 1. The maximum atomic E-state index is 11.1. The zero-order valence-electron chi connectivity index (χ0n) is 11.3. The van der Waals surface area contributed by atoms with E-state index in [1.54, 1.807) is 12.1 Å². The molecule has 2 heterocycles. The molecule has 4 nitrogen and oxygen atoms in total. The van der Waals surface area contributed by atoms with Gasteiger partial charge in [0, 0.05) is 17.9 Å². The Balaban J connectivity index is 1.88. The summed E-state index contributed by atoms with van der Waals surface area (Å²) in [6, 6.07) is 11.3. The summed E-state index contributed by atoms with van der Waals surface area (Å²) in [7, 11) is 0. The van der Waals surface area contributed by atoms with Gasteiger partial charge in [0.1, 0.15) is 0 Å². The predicted octanol–water partition coefficient (Wildman–Crippen LogP) is 2.65. The third-order valence-electron chi connectivity index (χ3n) is 3.62. The van der Waals surface area contributed by atoms with Gasteiger partial charge in [-0.2, -0.15) is 0 Å². The van der Waals surface area contributed by atoms with E-state index >= 15 is 0 Å². The number of hydrogen-bond acceptors (Lipinski definition) is 3. The number of aromatic carboxylic acids is 1. The fraction of sp³-hybridized carbons (Fsp3) is 0.250. The summed E-state index contributed by atoms with van der Waals surface area (Å²) in [6.45, 7) is 3.61. The molecule has 0 bridgehead atoms. The monoisotopic (exact) mass is 268 g/mol. The molecule has 0 fully saturated rings. The van der Waals surface area contributed by atoms with Crippen molar-refractivity contribution in [2.45, 2.75) is 19.9 Å². The Kier molecular flexibility index (Phi) is 3.14. The van der Waals surface area contributed by atoms with E-state index in [1.165, 1.54) is 5.56 Å². The topological polar surface area (TPSA) is 53.4 Å². The standard InChI is InChI=1S/C16H16N2O2/c1-11-3-2-4-14(17-11)10-18-8-7-12-5-6-13(16(19)20)9-15(12)18/h2-6,9H,7-8,10H2,1H3,(H,19,20). The van der Waals surface area contributed by atoms with Crippen molar-refractivity contribution >= 4 is 11.7 Å². The van der Waals surface area contributed by atoms with Crippen LogP contribution in [-0.2, 0) is 13.0 Å². The van der Waals surface area contributed by atoms with E-state index in [0.717, 1.165) is 36.6 Å². The van der Waals surface area contributed by atoms with Crippen LogP contribution in [0.3, 0.4) is 0 Å². The van der Waals surface area contributed by atoms with Gasteiger partial charge in [0.25, 0.3) is 0 Å². The lowest BCUT2D eigenvalue weighted by molar-refractivity contribution is 0.0697. The Labute approximate surface area is 117 Å². The van der Waals surface area contributed by atoms with Gasteiger partial charge in [-0.15, -0.1) is 0 Å². The molecule has 0 saturated carbocycles. The van der Waals surface area contributed by atoms with Crippen molar-refractivity contribution in [2.24, 2.45) is 0 Å². The third kappa shape index (κ3) is 2.37. The average Bonchev–Trinajstić information content (AvgIpc) is 2.81. The highest BCUT2D eigenvalue weighted by atomic mass is 16.4. The van der Waals surface area contributed by atoms with Crippen molar-refractivity contribution in [2.75, 3.05) is 11.4 Å². The van der Waals surface area contributed by atoms with Gasteiger partial charge in [0.2, 0.25) is 0 Å². The fourth-order valence-electron chi connectivity index (χ4n) is 2.63. The van der Waals surface area contributed by atoms with Gasteiger partial charge in [-0.05, 0) is 43.2 Å². The Hall–Kier alpha value is -2.36. The first-order chi connectivity index (χ1) is 9.63. The molecule has 2 aromatic rings. The molecule has 3 rings (SSSR count). The molecule has 0 unspecified atom stereocenters. The molecule has 20 heavy (non-hydrogen) atoms. The van der Waals surface area contributed by atoms with E-state index < -0.39 is 5.97 Å². The maximum absolute atomic E-state index is 11.1. The minimum absolute atomic E-state index is 0.341. The lowest BCUT2D eigenvalue weighted by Gasteiger charge is -2.19. The molecule has 0 amide bonds. The molecule has 0 atom stereocenters. The van der Waals surface area contributed by atoms with Crippen LogP contribution in [0, 0.1) is 6.92 Å². The number of rotatable bonds is 3. The molecule has 1 aliphatic heterocycles. The van der Waals surface area contributed by atoms with Crippen LogP contribution < -0.4 is 4.90 Å². The molecule has 1 aromatic heterocycles. The molecule has 1 aliphatic rings. The number of pyridine rings is 1. The average molecular weight is 268 g/mol. The predicted molar refractivity (Wildman–Crippen MR) is 77.1 cm³/mol. The van der Waals surface area contributed by atoms with E-state index in [0.29, 0.717) is 5.56 Å². The molecule has 0 saturated heterocycles. The van der Waals surface area contributed by atoms with Gasteiger partial charge in [-0.1, -0.05) is 12.1 Å². The number of aryl methyl sites for hydroxylation is 1. The number of fused-ring (bicyclic) bond motifs is 1. The molecule has 1 aromatic carbocycles. The number of nitrogens with zero attached hydrogens (tertiary/aromatic N) is 2. The minimum atomic E-state index is -0.881. The van der Waals surface area contributed by atoms with Crippen molar-refractivity contribution in [3.63, 3.8) is 0 Å². The van der Waals surface area contributed by atoms with Gasteiger partial charge >= 0.3 is 5.97 Å². The summed E-state index contributed by atoms with van der Waals surface area (Å²) in [6.07, 6.45) is 0.959. The summed E-state index contributed by atoms with van der Waals surface area (Å²) in [5.74, 6) is -0.881. The summed E-state index contributed by atoms with van der Waals surface area (Å²) < 4.78 is 0. The Morgan fingerprint density at radius 2 is 2.20 bits per heavy atom. The molecular weight excluding hydrogens is 252 g/mol. The van der Waals surface area contributed by atoms with Crippen molar-refractivity contribution in [3.05, 3.63) is 58.9 Å². The van der Waals surface area contributed by atoms with Crippen LogP contribution in [0.5, 0.6) is 0 Å². The molecule has 0 spiro atoms. The second-order valence-electron chi connectivity index (χ2n) is 5.09. The lowest BCUT2D eigenvalue weighted by atomic mass is 10.1. The molecule has 1 N–H and O–H groups in total. The van der Waals surface area contributed by atoms with Crippen molar-refractivity contribution < 1.29 is 9.90 Å². The zero-order chi connectivity index (χ0) is 14.1. The molecule has 0 aliphatic carbocycles. The van der Waals surface area contributed by atoms with Crippen LogP contribution >= 0.6 is 0 Å². The highest BCUT2D eigenvalue weighted by molar-refractivity contribution is 5.89. The highest BCUT2D eigenvalue weighted by Crippen LogP contribution is 2.30. The van der Waals surface area contributed by atoms with E-state index in [4.69, 9.17) is 5.11 Å². The fourth-order valence-corrected chi connectivity index (χ4v) is 2.63. The van der Waals surface area contributed by atoms with Crippen LogP contribution in [-0.4, -0.2) is 22.6 Å². The van der Waals surface area contributed by atoms with Gasteiger partial charge in [-0.3, -0.25) is 4.98 Å². The Bertz CT molecular complexity index is 667. The van der Waals surface area contributed by atoms with Crippen LogP contribution in [0.15, 0.2) is 36.4 Å². The lowest BCUT2D eigenvalue weighted by Crippen LogP contribution is -2.20. The number of carbonyl (C=O) groups is 1. The minimum Gasteiger partial charge on any atom is -0.478 e. The molecule has 102 valence electrons. The van der Waals surface area contributed by atoms with Gasteiger partial charge in [-0.25, -0.2) is 4.79 Å². The van der Waals surface area contributed by atoms with E-state index in [1.807, 2.05) is 31.2 Å². The van der Waals surface area contributed by atoms with Crippen LogP contribution in [0.25, 0.3) is 0 Å². The summed E-state index contributed by atoms with van der Waals surface area (Å²) in [5, 5.41) is 9.10. The largest absolute Gasteiger partial charge is 0.478 e. The number of carboxylic acid groups (broad SMARTS) is 1. The van der Waals surface area contributed by atoms with E-state index in [9.17, 15) is 4.79 Å². The molecule has 4 heteroatoms. The Morgan fingerprint density at radius 3 is 2.95 bits per heavy atom. The third-order valence-corrected chi connectivity index (χ3v) is 3.62. The quantitative estimate of drug-likeness (QED) is 0.929. The normalized spacial score (nSPS) is 13.3. The summed E-state index contributed by atoms with van der Waals surface area (Å²) in [5.41, 5.74) is 4.59. The van der Waals surface area contributed by atoms with Crippen molar-refractivity contribution in [1.29, 1.82) is 0 Å². The highest BCUT2D eigenvalue weighted by Gasteiger charge is 2.21. The second kappa shape index (κ2) is 4.96. The number of aromatic nitrogens is 1. The first-order valence-corrected chi connectivity index (χ1v) is 6.67. The van der Waals surface area contributed by atoms with Crippen LogP contribution in [0.2, 0.25) is 0 Å². The molecule has 0 radical (unpaired) electrons. The maximum Gasteiger partial charge on any atom is 0.335 e. The van der Waals surface area contributed by atoms with Gasteiger partial charge in [0.05, 0.1) is 17.8 Å². The SMILES string of the molecule is Cc1cccc(CN2CCc3ccc(C(=O)O)cc32)n1. The van der Waals surface area contributed by atoms with E-state index in [-0.39, 0.29) is 0 Å². The smallest absolute Gasteiger partial charge is 0.335 e. The Morgan fingerprint density at radius 1 is 1.35 bits per heavy atom. The first-order valence-electron chi connectivity index (χ1n) is 6.67.